The van der Waals surface area contributed by atoms with Gasteiger partial charge in [0.05, 0.1) is 15.2 Å². The fourth-order valence-corrected chi connectivity index (χ4v) is 3.08. The lowest BCUT2D eigenvalue weighted by Crippen LogP contribution is -2.51. The number of rotatable bonds is 5. The van der Waals surface area contributed by atoms with Gasteiger partial charge in [-0.25, -0.2) is 4.79 Å². The third kappa shape index (κ3) is 5.21. The van der Waals surface area contributed by atoms with Crippen LogP contribution in [0, 0.1) is 0 Å². The number of amides is 5. The summed E-state index contributed by atoms with van der Waals surface area (Å²) in [6, 6.07) is 10.7. The molecule has 0 saturated carbocycles. The second-order valence-electron chi connectivity index (χ2n) is 5.80. The van der Waals surface area contributed by atoms with Crippen LogP contribution in [-0.2, 0) is 14.4 Å². The minimum atomic E-state index is -0.864. The van der Waals surface area contributed by atoms with E-state index in [2.05, 4.69) is 21.2 Å². The van der Waals surface area contributed by atoms with Crippen LogP contribution in [0.25, 0.3) is 6.08 Å². The lowest BCUT2D eigenvalue weighted by atomic mass is 10.1. The summed E-state index contributed by atoms with van der Waals surface area (Å²) in [6.07, 6.45) is 1.33. The SMILES string of the molecule is O=C(COc1ccc(C=C2C(=O)NC(=O)NC2=O)cc1Br)Nc1ccccc1Cl. The van der Waals surface area contributed by atoms with Crippen LogP contribution in [0.15, 0.2) is 52.5 Å². The summed E-state index contributed by atoms with van der Waals surface area (Å²) in [4.78, 5) is 46.7. The third-order valence-electron chi connectivity index (χ3n) is 3.72. The van der Waals surface area contributed by atoms with Crippen molar-refractivity contribution in [1.29, 1.82) is 0 Å². The van der Waals surface area contributed by atoms with Crippen LogP contribution in [0.5, 0.6) is 5.75 Å². The first-order chi connectivity index (χ1) is 13.8. The molecule has 8 nitrogen and oxygen atoms in total. The Kier molecular flexibility index (Phi) is 6.30. The molecule has 3 N–H and O–H groups in total. The molecule has 2 aromatic carbocycles. The minimum absolute atomic E-state index is 0.204. The van der Waals surface area contributed by atoms with Gasteiger partial charge in [0.2, 0.25) is 0 Å². The second kappa shape index (κ2) is 8.89. The zero-order chi connectivity index (χ0) is 21.0. The van der Waals surface area contributed by atoms with Crippen molar-refractivity contribution in [2.24, 2.45) is 0 Å². The number of ether oxygens (including phenoxy) is 1. The van der Waals surface area contributed by atoms with Gasteiger partial charge in [-0.05, 0) is 51.8 Å². The minimum Gasteiger partial charge on any atom is -0.483 e. The molecule has 148 valence electrons. The fourth-order valence-electron chi connectivity index (χ4n) is 2.39. The quantitative estimate of drug-likeness (QED) is 0.452. The van der Waals surface area contributed by atoms with E-state index in [1.165, 1.54) is 6.08 Å². The molecule has 0 bridgehead atoms. The van der Waals surface area contributed by atoms with Gasteiger partial charge in [0.1, 0.15) is 11.3 Å². The molecule has 3 rings (SSSR count). The van der Waals surface area contributed by atoms with Gasteiger partial charge in [-0.3, -0.25) is 25.0 Å². The highest BCUT2D eigenvalue weighted by atomic mass is 79.9. The van der Waals surface area contributed by atoms with Crippen molar-refractivity contribution in [2.45, 2.75) is 0 Å². The number of barbiturate groups is 1. The van der Waals surface area contributed by atoms with E-state index in [0.29, 0.717) is 26.5 Å². The van der Waals surface area contributed by atoms with Gasteiger partial charge in [-0.2, -0.15) is 0 Å². The van der Waals surface area contributed by atoms with E-state index in [9.17, 15) is 19.2 Å². The van der Waals surface area contributed by atoms with Gasteiger partial charge >= 0.3 is 6.03 Å². The van der Waals surface area contributed by atoms with Crippen LogP contribution in [0.2, 0.25) is 5.02 Å². The number of hydrogen-bond donors (Lipinski definition) is 3. The maximum Gasteiger partial charge on any atom is 0.328 e. The van der Waals surface area contributed by atoms with Crippen molar-refractivity contribution >= 4 is 63.0 Å². The first-order valence-corrected chi connectivity index (χ1v) is 9.35. The predicted octanol–water partition coefficient (Wildman–Crippen LogP) is 2.87. The van der Waals surface area contributed by atoms with Crippen molar-refractivity contribution in [1.82, 2.24) is 10.6 Å². The summed E-state index contributed by atoms with van der Waals surface area (Å²) in [5.74, 6) is -1.58. The Morgan fingerprint density at radius 1 is 1.10 bits per heavy atom. The van der Waals surface area contributed by atoms with Crippen LogP contribution in [0.3, 0.4) is 0 Å². The molecular weight excluding hydrogens is 466 g/mol. The lowest BCUT2D eigenvalue weighted by Gasteiger charge is -2.14. The van der Waals surface area contributed by atoms with Gasteiger partial charge < -0.3 is 10.1 Å². The van der Waals surface area contributed by atoms with Crippen molar-refractivity contribution in [3.8, 4) is 5.75 Å². The lowest BCUT2D eigenvalue weighted by molar-refractivity contribution is -0.124. The molecule has 0 unspecified atom stereocenters. The molecule has 0 spiro atoms. The molecule has 0 radical (unpaired) electrons. The zero-order valence-corrected chi connectivity index (χ0v) is 17.0. The summed E-state index contributed by atoms with van der Waals surface area (Å²) in [7, 11) is 0. The highest BCUT2D eigenvalue weighted by Gasteiger charge is 2.27. The fraction of sp³-hybridized carbons (Fsp3) is 0.0526. The van der Waals surface area contributed by atoms with E-state index in [1.807, 2.05) is 10.6 Å². The second-order valence-corrected chi connectivity index (χ2v) is 7.06. The van der Waals surface area contributed by atoms with Crippen LogP contribution in [-0.4, -0.2) is 30.4 Å². The van der Waals surface area contributed by atoms with Crippen LogP contribution in [0.1, 0.15) is 5.56 Å². The molecule has 0 aliphatic carbocycles. The normalized spacial score (nSPS) is 13.4. The van der Waals surface area contributed by atoms with Crippen molar-refractivity contribution < 1.29 is 23.9 Å². The number of benzene rings is 2. The largest absolute Gasteiger partial charge is 0.483 e. The Morgan fingerprint density at radius 2 is 1.79 bits per heavy atom. The molecule has 1 fully saturated rings. The molecule has 1 aliphatic rings. The molecule has 1 heterocycles. The topological polar surface area (TPSA) is 114 Å². The summed E-state index contributed by atoms with van der Waals surface area (Å²) < 4.78 is 5.99. The average Bonchev–Trinajstić information content (AvgIpc) is 2.66. The number of imide groups is 2. The maximum atomic E-state index is 12.0. The molecule has 29 heavy (non-hydrogen) atoms. The van der Waals surface area contributed by atoms with E-state index >= 15 is 0 Å². The monoisotopic (exact) mass is 477 g/mol. The van der Waals surface area contributed by atoms with Gasteiger partial charge in [0.15, 0.2) is 6.61 Å². The predicted molar refractivity (Wildman–Crippen MR) is 109 cm³/mol. The van der Waals surface area contributed by atoms with Crippen molar-refractivity contribution in [3.05, 3.63) is 63.1 Å². The number of carbonyl (C=O) groups excluding carboxylic acids is 4. The maximum absolute atomic E-state index is 12.0. The number of halogens is 2. The molecular formula is C19H13BrClN3O5. The number of anilines is 1. The van der Waals surface area contributed by atoms with E-state index < -0.39 is 23.8 Å². The smallest absolute Gasteiger partial charge is 0.328 e. The van der Waals surface area contributed by atoms with Crippen molar-refractivity contribution in [3.63, 3.8) is 0 Å². The van der Waals surface area contributed by atoms with E-state index in [0.717, 1.165) is 0 Å². The Hall–Kier alpha value is -3.17. The van der Waals surface area contributed by atoms with E-state index in [1.54, 1.807) is 42.5 Å². The molecule has 0 atom stereocenters. The highest BCUT2D eigenvalue weighted by Crippen LogP contribution is 2.27. The molecule has 5 amide bonds. The molecule has 0 aromatic heterocycles. The Morgan fingerprint density at radius 3 is 2.45 bits per heavy atom. The Bertz CT molecular complexity index is 1030. The van der Waals surface area contributed by atoms with Gasteiger partial charge in [-0.15, -0.1) is 0 Å². The molecule has 2 aromatic rings. The number of hydrogen-bond acceptors (Lipinski definition) is 5. The summed E-state index contributed by atoms with van der Waals surface area (Å²) >= 11 is 9.31. The first kappa shape index (κ1) is 20.6. The van der Waals surface area contributed by atoms with Crippen molar-refractivity contribution in [2.75, 3.05) is 11.9 Å². The van der Waals surface area contributed by atoms with Crippen LogP contribution >= 0.6 is 27.5 Å². The average molecular weight is 479 g/mol. The summed E-state index contributed by atoms with van der Waals surface area (Å²) in [6.45, 7) is -0.253. The first-order valence-electron chi connectivity index (χ1n) is 8.18. The number of carbonyl (C=O) groups is 4. The number of nitrogens with one attached hydrogen (secondary N) is 3. The summed E-state index contributed by atoms with van der Waals surface area (Å²) in [5, 5.41) is 7.04. The highest BCUT2D eigenvalue weighted by molar-refractivity contribution is 9.10. The van der Waals surface area contributed by atoms with Gasteiger partial charge in [0, 0.05) is 0 Å². The molecule has 1 saturated heterocycles. The summed E-state index contributed by atoms with van der Waals surface area (Å²) in [5.41, 5.74) is 0.787. The molecule has 1 aliphatic heterocycles. The zero-order valence-electron chi connectivity index (χ0n) is 14.6. The number of urea groups is 1. The van der Waals surface area contributed by atoms with Crippen LogP contribution < -0.4 is 20.7 Å². The molecule has 10 heteroatoms. The van der Waals surface area contributed by atoms with Gasteiger partial charge in [-0.1, -0.05) is 29.8 Å². The standard InChI is InChI=1S/C19H13BrClN3O5/c20-12-8-10(7-11-17(26)23-19(28)24-18(11)27)5-6-15(12)29-9-16(25)22-14-4-2-1-3-13(14)21/h1-8H,9H2,(H,22,25)(H2,23,24,26,27,28). The van der Waals surface area contributed by atoms with Gasteiger partial charge in [0.25, 0.3) is 17.7 Å². The van der Waals surface area contributed by atoms with E-state index in [4.69, 9.17) is 16.3 Å². The van der Waals surface area contributed by atoms with Crippen LogP contribution in [0.4, 0.5) is 10.5 Å². The number of para-hydroxylation sites is 1. The Labute approximate surface area is 178 Å². The Balaban J connectivity index is 1.65. The third-order valence-corrected chi connectivity index (χ3v) is 4.67. The van der Waals surface area contributed by atoms with E-state index in [-0.39, 0.29) is 12.2 Å².